The quantitative estimate of drug-likeness (QED) is 0.483. The van der Waals surface area contributed by atoms with E-state index in [4.69, 9.17) is 8.85 Å². The van der Waals surface area contributed by atoms with Gasteiger partial charge in [-0.2, -0.15) is 4.98 Å². The number of hydrogen-bond acceptors (Lipinski definition) is 7. The van der Waals surface area contributed by atoms with Crippen molar-refractivity contribution in [2.75, 3.05) is 12.4 Å². The summed E-state index contributed by atoms with van der Waals surface area (Å²) in [6, 6.07) is 6.66. The number of nitrogens with zero attached hydrogens (tertiary/aromatic N) is 6. The molecule has 11 heteroatoms. The summed E-state index contributed by atoms with van der Waals surface area (Å²) in [5, 5.41) is 25.2. The molecule has 4 aromatic rings. The van der Waals surface area contributed by atoms with Crippen LogP contribution >= 0.6 is 0 Å². The molecule has 0 radical (unpaired) electrons. The fourth-order valence-corrected chi connectivity index (χ4v) is 4.04. The van der Waals surface area contributed by atoms with Crippen LogP contribution in [0.25, 0.3) is 27.7 Å². The van der Waals surface area contributed by atoms with E-state index >= 15 is 0 Å². The molecule has 5 rings (SSSR count). The number of benzene rings is 1. The van der Waals surface area contributed by atoms with Gasteiger partial charge in [0.05, 0.1) is 22.3 Å². The molecule has 0 saturated heterocycles. The van der Waals surface area contributed by atoms with Crippen molar-refractivity contribution in [3.63, 3.8) is 0 Å². The van der Waals surface area contributed by atoms with Crippen LogP contribution in [0.4, 0.5) is 14.7 Å². The second-order valence-electron chi connectivity index (χ2n) is 7.98. The van der Waals surface area contributed by atoms with Gasteiger partial charge in [0.2, 0.25) is 11.8 Å². The lowest BCUT2D eigenvalue weighted by Gasteiger charge is -2.41. The topological polar surface area (TPSA) is 102 Å². The Bertz CT molecular complexity index is 1360. The first-order valence-electron chi connectivity index (χ1n) is 11.2. The first-order chi connectivity index (χ1) is 16.0. The normalized spacial score (nSPS) is 22.9. The van der Waals surface area contributed by atoms with Crippen LogP contribution in [0.15, 0.2) is 30.5 Å². The summed E-state index contributed by atoms with van der Waals surface area (Å²) in [6.07, 6.45) is 0.0315. The van der Waals surface area contributed by atoms with Gasteiger partial charge in [-0.05, 0) is 43.5 Å². The lowest BCUT2D eigenvalue weighted by Crippen LogP contribution is -2.48. The van der Waals surface area contributed by atoms with Gasteiger partial charge in [0, 0.05) is 17.8 Å². The molecule has 0 aliphatic heterocycles. The molecule has 0 unspecified atom stereocenters. The molecule has 1 fully saturated rings. The summed E-state index contributed by atoms with van der Waals surface area (Å²) in [4.78, 5) is 4.29. The van der Waals surface area contributed by atoms with Gasteiger partial charge in [-0.25, -0.2) is 18.0 Å². The number of halogens is 2. The van der Waals surface area contributed by atoms with Gasteiger partial charge in [-0.3, -0.25) is 0 Å². The zero-order chi connectivity index (χ0) is 24.3. The lowest BCUT2D eigenvalue weighted by atomic mass is 9.77. The minimum Gasteiger partial charge on any atom is -0.479 e. The summed E-state index contributed by atoms with van der Waals surface area (Å²) in [5.74, 6) is -0.00745. The second kappa shape index (κ2) is 7.12. The molecule has 162 valence electrons. The van der Waals surface area contributed by atoms with Crippen LogP contribution in [0.3, 0.4) is 0 Å². The minimum absolute atomic E-state index is 0.0619. The maximum absolute atomic E-state index is 12.9. The third-order valence-electron chi connectivity index (χ3n) is 5.42. The van der Waals surface area contributed by atoms with Crippen LogP contribution in [-0.2, 0) is 6.54 Å². The van der Waals surface area contributed by atoms with Crippen molar-refractivity contribution >= 4 is 22.5 Å². The van der Waals surface area contributed by atoms with E-state index in [-0.39, 0.29) is 17.9 Å². The number of anilines is 1. The van der Waals surface area contributed by atoms with E-state index in [0.717, 1.165) is 4.68 Å². The Morgan fingerprint density at radius 1 is 1.39 bits per heavy atom. The maximum atomic E-state index is 12.9. The fraction of sp³-hybridized carbons (Fsp3) is 0.400. The average molecular weight is 432 g/mol. The van der Waals surface area contributed by atoms with Gasteiger partial charge < -0.3 is 15.2 Å². The van der Waals surface area contributed by atoms with Crippen molar-refractivity contribution in [3.05, 3.63) is 30.5 Å². The lowest BCUT2D eigenvalue weighted by molar-refractivity contribution is -0.0236. The summed E-state index contributed by atoms with van der Waals surface area (Å²) >= 11 is 0. The molecular formula is C20H21F2N7O2. The highest BCUT2D eigenvalue weighted by Gasteiger charge is 2.38. The highest BCUT2D eigenvalue weighted by atomic mass is 19.3. The van der Waals surface area contributed by atoms with Crippen LogP contribution in [0.1, 0.15) is 23.9 Å². The third kappa shape index (κ3) is 3.54. The molecule has 3 aromatic heterocycles. The van der Waals surface area contributed by atoms with E-state index < -0.39 is 25.6 Å². The predicted molar refractivity (Wildman–Crippen MR) is 109 cm³/mol. The summed E-state index contributed by atoms with van der Waals surface area (Å²) < 4.78 is 56.3. The number of nitrogens with one attached hydrogen (secondary N) is 1. The van der Waals surface area contributed by atoms with E-state index in [1.165, 1.54) is 4.52 Å². The standard InChI is InChI=1S/C20H21F2N7O2/c1-20(30)8-12(9-20)23-19-24-18(31-2)17-13(5-6-28(17)26-19)11-3-4-14-15(7-11)29(27-25-14)10-16(21)22/h3-7,12,16,30H,8-10H2,1-2H3,(H,23,26)/i2D3. The molecule has 1 aliphatic carbocycles. The zero-order valence-electron chi connectivity index (χ0n) is 19.5. The SMILES string of the molecule is [2H]C([2H])([2H])Oc1nc(NC2CC(C)(O)C2)nn2ccc(-c3ccc4nnn(CC(F)F)c4c3)c12. The number of aliphatic hydroxyl groups is 1. The maximum Gasteiger partial charge on any atom is 0.258 e. The van der Waals surface area contributed by atoms with Crippen molar-refractivity contribution < 1.29 is 22.7 Å². The van der Waals surface area contributed by atoms with E-state index in [9.17, 15) is 13.9 Å². The number of alkyl halides is 2. The van der Waals surface area contributed by atoms with Crippen molar-refractivity contribution in [2.24, 2.45) is 0 Å². The van der Waals surface area contributed by atoms with Crippen LogP contribution < -0.4 is 10.1 Å². The Kier molecular flexibility index (Phi) is 3.76. The molecule has 9 nitrogen and oxygen atoms in total. The van der Waals surface area contributed by atoms with Crippen LogP contribution in [-0.4, -0.2) is 59.8 Å². The van der Waals surface area contributed by atoms with Crippen molar-refractivity contribution in [2.45, 2.75) is 44.4 Å². The predicted octanol–water partition coefficient (Wildman–Crippen LogP) is 2.74. The Morgan fingerprint density at radius 3 is 2.97 bits per heavy atom. The fourth-order valence-electron chi connectivity index (χ4n) is 4.04. The smallest absolute Gasteiger partial charge is 0.258 e. The zero-order valence-corrected chi connectivity index (χ0v) is 16.5. The van der Waals surface area contributed by atoms with Crippen LogP contribution in [0.5, 0.6) is 5.88 Å². The van der Waals surface area contributed by atoms with Crippen molar-refractivity contribution in [1.29, 1.82) is 0 Å². The number of aromatic nitrogens is 6. The second-order valence-corrected chi connectivity index (χ2v) is 7.98. The number of hydrogen-bond donors (Lipinski definition) is 2. The molecule has 31 heavy (non-hydrogen) atoms. The number of ether oxygens (including phenoxy) is 1. The first kappa shape index (κ1) is 16.4. The van der Waals surface area contributed by atoms with E-state index in [1.54, 1.807) is 37.4 Å². The van der Waals surface area contributed by atoms with Crippen LogP contribution in [0.2, 0.25) is 0 Å². The molecule has 1 aromatic carbocycles. The first-order valence-corrected chi connectivity index (χ1v) is 9.66. The Balaban J connectivity index is 1.58. The summed E-state index contributed by atoms with van der Waals surface area (Å²) in [5.41, 5.74) is 1.55. The van der Waals surface area contributed by atoms with Gasteiger partial charge in [0.15, 0.2) is 0 Å². The Hall–Kier alpha value is -3.34. The summed E-state index contributed by atoms with van der Waals surface area (Å²) in [6.45, 7) is 1.13. The molecule has 3 heterocycles. The molecule has 0 spiro atoms. The van der Waals surface area contributed by atoms with Crippen molar-refractivity contribution in [3.8, 4) is 17.0 Å². The molecule has 1 aliphatic rings. The van der Waals surface area contributed by atoms with Gasteiger partial charge in [-0.15, -0.1) is 10.2 Å². The highest BCUT2D eigenvalue weighted by Crippen LogP contribution is 2.35. The minimum atomic E-state index is -2.77. The largest absolute Gasteiger partial charge is 0.479 e. The van der Waals surface area contributed by atoms with Gasteiger partial charge in [-0.1, -0.05) is 11.3 Å². The Labute approximate surface area is 179 Å². The van der Waals surface area contributed by atoms with Crippen molar-refractivity contribution in [1.82, 2.24) is 29.6 Å². The molecule has 0 amide bonds. The molecule has 0 bridgehead atoms. The Morgan fingerprint density at radius 2 is 2.23 bits per heavy atom. The number of rotatable bonds is 6. The molecule has 2 N–H and O–H groups in total. The van der Waals surface area contributed by atoms with Gasteiger partial charge in [0.1, 0.15) is 17.6 Å². The van der Waals surface area contributed by atoms with Crippen LogP contribution in [0, 0.1) is 0 Å². The molecule has 1 saturated carbocycles. The molecule has 0 atom stereocenters. The van der Waals surface area contributed by atoms with E-state index in [1.807, 2.05) is 0 Å². The van der Waals surface area contributed by atoms with E-state index in [0.29, 0.717) is 40.5 Å². The van der Waals surface area contributed by atoms with E-state index in [2.05, 4.69) is 25.7 Å². The highest BCUT2D eigenvalue weighted by molar-refractivity contribution is 5.89. The van der Waals surface area contributed by atoms with Gasteiger partial charge in [0.25, 0.3) is 6.43 Å². The monoisotopic (exact) mass is 432 g/mol. The number of fused-ring (bicyclic) bond motifs is 2. The summed E-state index contributed by atoms with van der Waals surface area (Å²) in [7, 11) is -2.77. The third-order valence-corrected chi connectivity index (χ3v) is 5.42. The van der Waals surface area contributed by atoms with Gasteiger partial charge >= 0.3 is 0 Å². The molecular weight excluding hydrogens is 408 g/mol. The number of methoxy groups -OCH3 is 1. The average Bonchev–Trinajstić information content (AvgIpc) is 3.29.